The van der Waals surface area contributed by atoms with E-state index in [4.69, 9.17) is 15.6 Å². The Kier molecular flexibility index (Phi) is 3.95. The first-order valence-corrected chi connectivity index (χ1v) is 6.56. The van der Waals surface area contributed by atoms with E-state index in [1.165, 1.54) is 6.92 Å². The highest BCUT2D eigenvalue weighted by molar-refractivity contribution is 5.83. The van der Waals surface area contributed by atoms with Crippen LogP contribution in [-0.4, -0.2) is 22.7 Å². The lowest BCUT2D eigenvalue weighted by Crippen LogP contribution is -2.47. The number of carboxylic acids is 1. The Labute approximate surface area is 118 Å². The molecule has 3 N–H and O–H groups in total. The lowest BCUT2D eigenvalue weighted by atomic mass is 9.96. The van der Waals surface area contributed by atoms with E-state index in [1.54, 1.807) is 0 Å². The molecule has 0 amide bonds. The van der Waals surface area contributed by atoms with Crippen LogP contribution in [-0.2, 0) is 4.79 Å². The van der Waals surface area contributed by atoms with Crippen molar-refractivity contribution >= 4 is 16.7 Å². The highest BCUT2D eigenvalue weighted by Crippen LogP contribution is 2.23. The third kappa shape index (κ3) is 3.27. The van der Waals surface area contributed by atoms with Crippen molar-refractivity contribution in [2.24, 2.45) is 5.73 Å². The average molecular weight is 273 g/mol. The van der Waals surface area contributed by atoms with Crippen molar-refractivity contribution in [1.29, 1.82) is 0 Å². The molecule has 2 aromatic carbocycles. The van der Waals surface area contributed by atoms with Crippen molar-refractivity contribution in [1.82, 2.24) is 0 Å². The molecule has 2 rings (SSSR count). The summed E-state index contributed by atoms with van der Waals surface area (Å²) in [5.74, 6) is -0.302. The predicted octanol–water partition coefficient (Wildman–Crippen LogP) is 2.80. The molecule has 0 aliphatic heterocycles. The van der Waals surface area contributed by atoms with E-state index >= 15 is 0 Å². The van der Waals surface area contributed by atoms with E-state index in [2.05, 4.69) is 0 Å². The number of benzene rings is 2. The van der Waals surface area contributed by atoms with Gasteiger partial charge < -0.3 is 15.6 Å². The van der Waals surface area contributed by atoms with Gasteiger partial charge in [-0.3, -0.25) is 4.79 Å². The molecule has 0 saturated heterocycles. The fraction of sp³-hybridized carbons (Fsp3) is 0.312. The molecule has 2 aromatic rings. The molecule has 4 nitrogen and oxygen atoms in total. The maximum absolute atomic E-state index is 11.0. The fourth-order valence-electron chi connectivity index (χ4n) is 2.20. The zero-order valence-electron chi connectivity index (χ0n) is 11.7. The van der Waals surface area contributed by atoms with Crippen LogP contribution in [0.4, 0.5) is 0 Å². The van der Waals surface area contributed by atoms with Crippen molar-refractivity contribution in [3.8, 4) is 5.75 Å². The van der Waals surface area contributed by atoms with Crippen molar-refractivity contribution in [2.75, 3.05) is 0 Å². The molecule has 0 radical (unpaired) electrons. The predicted molar refractivity (Wildman–Crippen MR) is 78.9 cm³/mol. The summed E-state index contributed by atoms with van der Waals surface area (Å²) in [5.41, 5.74) is 4.44. The Morgan fingerprint density at radius 2 is 1.95 bits per heavy atom. The van der Waals surface area contributed by atoms with Crippen LogP contribution < -0.4 is 10.5 Å². The van der Waals surface area contributed by atoms with Gasteiger partial charge in [0.25, 0.3) is 0 Å². The van der Waals surface area contributed by atoms with E-state index in [0.717, 1.165) is 16.5 Å². The minimum absolute atomic E-state index is 0.245. The van der Waals surface area contributed by atoms with E-state index in [-0.39, 0.29) is 12.5 Å². The molecule has 106 valence electrons. The number of hydrogen-bond acceptors (Lipinski definition) is 3. The Morgan fingerprint density at radius 1 is 1.30 bits per heavy atom. The van der Waals surface area contributed by atoms with Gasteiger partial charge in [-0.25, -0.2) is 0 Å². The second-order valence-corrected chi connectivity index (χ2v) is 5.36. The fourth-order valence-corrected chi connectivity index (χ4v) is 2.20. The Morgan fingerprint density at radius 3 is 2.60 bits per heavy atom. The molecule has 2 unspecified atom stereocenters. The van der Waals surface area contributed by atoms with Crippen molar-refractivity contribution in [3.63, 3.8) is 0 Å². The number of carbonyl (C=O) groups is 1. The van der Waals surface area contributed by atoms with Gasteiger partial charge in [-0.05, 0) is 36.8 Å². The van der Waals surface area contributed by atoms with Gasteiger partial charge in [-0.2, -0.15) is 0 Å². The number of fused-ring (bicyclic) bond motifs is 1. The van der Waals surface area contributed by atoms with Gasteiger partial charge in [0.15, 0.2) is 0 Å². The lowest BCUT2D eigenvalue weighted by molar-refractivity contribution is -0.143. The lowest BCUT2D eigenvalue weighted by Gasteiger charge is -2.24. The maximum Gasteiger partial charge on any atom is 0.323 e. The summed E-state index contributed by atoms with van der Waals surface area (Å²) in [6, 6.07) is 13.8. The number of ether oxygens (including phenoxy) is 1. The van der Waals surface area contributed by atoms with Gasteiger partial charge in [0.1, 0.15) is 11.3 Å². The van der Waals surface area contributed by atoms with E-state index in [9.17, 15) is 4.79 Å². The van der Waals surface area contributed by atoms with Crippen LogP contribution in [0.2, 0.25) is 0 Å². The average Bonchev–Trinajstić information content (AvgIpc) is 2.37. The minimum atomic E-state index is -1.28. The van der Waals surface area contributed by atoms with E-state index in [0.29, 0.717) is 0 Å². The summed E-state index contributed by atoms with van der Waals surface area (Å²) in [5, 5.41) is 11.2. The SMILES string of the molecule is CC(CC(C)(N)C(=O)O)Oc1ccc2ccccc2c1. The summed E-state index contributed by atoms with van der Waals surface area (Å²) >= 11 is 0. The summed E-state index contributed by atoms with van der Waals surface area (Å²) < 4.78 is 5.77. The van der Waals surface area contributed by atoms with Gasteiger partial charge in [-0.15, -0.1) is 0 Å². The van der Waals surface area contributed by atoms with Gasteiger partial charge in [-0.1, -0.05) is 30.3 Å². The summed E-state index contributed by atoms with van der Waals surface area (Å²) in [6.07, 6.45) is -0.0305. The quantitative estimate of drug-likeness (QED) is 0.878. The molecular weight excluding hydrogens is 254 g/mol. The molecule has 0 heterocycles. The Balaban J connectivity index is 2.10. The Hall–Kier alpha value is -2.07. The third-order valence-corrected chi connectivity index (χ3v) is 3.26. The summed E-state index contributed by atoms with van der Waals surface area (Å²) in [4.78, 5) is 11.0. The molecule has 0 aromatic heterocycles. The number of hydrogen-bond donors (Lipinski definition) is 2. The van der Waals surface area contributed by atoms with Crippen LogP contribution in [0.25, 0.3) is 10.8 Å². The van der Waals surface area contributed by atoms with E-state index < -0.39 is 11.5 Å². The molecule has 0 saturated carbocycles. The monoisotopic (exact) mass is 273 g/mol. The molecule has 4 heteroatoms. The van der Waals surface area contributed by atoms with Gasteiger partial charge >= 0.3 is 5.97 Å². The van der Waals surface area contributed by atoms with Crippen LogP contribution >= 0.6 is 0 Å². The van der Waals surface area contributed by atoms with E-state index in [1.807, 2.05) is 49.4 Å². The number of aliphatic carboxylic acids is 1. The van der Waals surface area contributed by atoms with Crippen LogP contribution in [0.15, 0.2) is 42.5 Å². The first-order chi connectivity index (χ1) is 9.38. The van der Waals surface area contributed by atoms with Crippen LogP contribution in [0, 0.1) is 0 Å². The van der Waals surface area contributed by atoms with Crippen molar-refractivity contribution < 1.29 is 14.6 Å². The largest absolute Gasteiger partial charge is 0.491 e. The molecule has 0 aliphatic carbocycles. The van der Waals surface area contributed by atoms with Crippen LogP contribution in [0.1, 0.15) is 20.3 Å². The second-order valence-electron chi connectivity index (χ2n) is 5.36. The second kappa shape index (κ2) is 5.51. The third-order valence-electron chi connectivity index (χ3n) is 3.26. The van der Waals surface area contributed by atoms with Gasteiger partial charge in [0, 0.05) is 6.42 Å². The first kappa shape index (κ1) is 14.3. The smallest absolute Gasteiger partial charge is 0.323 e. The van der Waals surface area contributed by atoms with Crippen molar-refractivity contribution in [3.05, 3.63) is 42.5 Å². The summed E-state index contributed by atoms with van der Waals surface area (Å²) in [6.45, 7) is 3.32. The van der Waals surface area contributed by atoms with Crippen LogP contribution in [0.3, 0.4) is 0 Å². The van der Waals surface area contributed by atoms with Gasteiger partial charge in [0.05, 0.1) is 6.10 Å². The van der Waals surface area contributed by atoms with Gasteiger partial charge in [0.2, 0.25) is 0 Å². The molecule has 0 spiro atoms. The zero-order valence-corrected chi connectivity index (χ0v) is 11.7. The number of nitrogens with two attached hydrogens (primary N) is 1. The number of rotatable bonds is 5. The molecule has 0 bridgehead atoms. The minimum Gasteiger partial charge on any atom is -0.491 e. The molecule has 20 heavy (non-hydrogen) atoms. The van der Waals surface area contributed by atoms with Crippen LogP contribution in [0.5, 0.6) is 5.75 Å². The standard InChI is InChI=1S/C16H19NO3/c1-11(10-16(2,17)15(18)19)20-14-8-7-12-5-3-4-6-13(12)9-14/h3-9,11H,10,17H2,1-2H3,(H,18,19). The molecule has 2 atom stereocenters. The first-order valence-electron chi connectivity index (χ1n) is 6.56. The Bertz CT molecular complexity index is 622. The molecular formula is C16H19NO3. The maximum atomic E-state index is 11.0. The topological polar surface area (TPSA) is 72.6 Å². The molecule has 0 fully saturated rings. The van der Waals surface area contributed by atoms with Crippen molar-refractivity contribution in [2.45, 2.75) is 31.9 Å². The molecule has 0 aliphatic rings. The highest BCUT2D eigenvalue weighted by Gasteiger charge is 2.30. The summed E-state index contributed by atoms with van der Waals surface area (Å²) in [7, 11) is 0. The number of carboxylic acid groups (broad SMARTS) is 1. The highest BCUT2D eigenvalue weighted by atomic mass is 16.5. The zero-order chi connectivity index (χ0) is 14.8. The normalized spacial score (nSPS) is 15.6.